The molecule has 0 aromatic heterocycles. The third kappa shape index (κ3) is 5.04. The Hall–Kier alpha value is -2.08. The molecule has 0 aliphatic heterocycles. The molecule has 0 unspecified atom stereocenters. The summed E-state index contributed by atoms with van der Waals surface area (Å²) < 4.78 is 31.9. The lowest BCUT2D eigenvalue weighted by molar-refractivity contribution is -0.140. The average molecular weight is 325 g/mol. The van der Waals surface area contributed by atoms with E-state index in [2.05, 4.69) is 17.0 Å². The third-order valence-electron chi connectivity index (χ3n) is 2.83. The molecular weight excluding hydrogens is 306 g/mol. The summed E-state index contributed by atoms with van der Waals surface area (Å²) in [6, 6.07) is 4.52. The van der Waals surface area contributed by atoms with Crippen molar-refractivity contribution in [1.29, 1.82) is 0 Å². The Morgan fingerprint density at radius 2 is 2.00 bits per heavy atom. The Kier molecular flexibility index (Phi) is 6.37. The zero-order valence-electron chi connectivity index (χ0n) is 12.4. The lowest BCUT2D eigenvalue weighted by Crippen LogP contribution is -2.44. The minimum Gasteiger partial charge on any atom is -0.489 e. The Morgan fingerprint density at radius 3 is 2.45 bits per heavy atom. The summed E-state index contributed by atoms with van der Waals surface area (Å²) in [4.78, 5) is 11.1. The van der Waals surface area contributed by atoms with Crippen molar-refractivity contribution in [3.05, 3.63) is 42.7 Å². The fourth-order valence-electron chi connectivity index (χ4n) is 1.62. The highest BCUT2D eigenvalue weighted by molar-refractivity contribution is 7.89. The van der Waals surface area contributed by atoms with Gasteiger partial charge in [-0.25, -0.2) is 8.42 Å². The third-order valence-corrected chi connectivity index (χ3v) is 4.28. The molecule has 0 saturated carbocycles. The summed E-state index contributed by atoms with van der Waals surface area (Å²) >= 11 is 0. The fraction of sp³-hybridized carbons (Fsp3) is 0.333. The topological polar surface area (TPSA) is 92.7 Å². The maximum Gasteiger partial charge on any atom is 0.322 e. The summed E-state index contributed by atoms with van der Waals surface area (Å²) in [5.74, 6) is -1.10. The van der Waals surface area contributed by atoms with Crippen LogP contribution in [-0.2, 0) is 14.8 Å². The molecule has 0 fully saturated rings. The van der Waals surface area contributed by atoms with E-state index in [0.717, 1.165) is 0 Å². The number of nitrogens with one attached hydrogen (secondary N) is 1. The number of sulfonamides is 1. The van der Waals surface area contributed by atoms with Crippen LogP contribution in [-0.4, -0.2) is 32.1 Å². The van der Waals surface area contributed by atoms with Gasteiger partial charge in [-0.1, -0.05) is 20.4 Å². The molecule has 0 aliphatic rings. The van der Waals surface area contributed by atoms with Crippen molar-refractivity contribution in [3.63, 3.8) is 0 Å². The van der Waals surface area contributed by atoms with Crippen molar-refractivity contribution < 1.29 is 23.1 Å². The highest BCUT2D eigenvalue weighted by atomic mass is 32.2. The summed E-state index contributed by atoms with van der Waals surface area (Å²) in [7, 11) is -3.91. The number of ether oxygens (including phenoxy) is 1. The predicted octanol–water partition coefficient (Wildman–Crippen LogP) is 1.79. The van der Waals surface area contributed by atoms with Gasteiger partial charge in [-0.3, -0.25) is 4.79 Å². The SMILES string of the molecule is C=C=CCOc1ccc(S(=O)(=O)N[C@H](C(=O)O)C(C)C)cc1. The van der Waals surface area contributed by atoms with Crippen molar-refractivity contribution in [2.45, 2.75) is 24.8 Å². The smallest absolute Gasteiger partial charge is 0.322 e. The van der Waals surface area contributed by atoms with Crippen LogP contribution in [0.3, 0.4) is 0 Å². The van der Waals surface area contributed by atoms with E-state index in [1.54, 1.807) is 19.9 Å². The summed E-state index contributed by atoms with van der Waals surface area (Å²) in [5, 5.41) is 9.06. The lowest BCUT2D eigenvalue weighted by Gasteiger charge is -2.18. The maximum atomic E-state index is 12.2. The number of benzene rings is 1. The first kappa shape index (κ1) is 18.0. The van der Waals surface area contributed by atoms with Gasteiger partial charge in [0, 0.05) is 0 Å². The van der Waals surface area contributed by atoms with Gasteiger partial charge in [-0.2, -0.15) is 4.72 Å². The first-order valence-corrected chi connectivity index (χ1v) is 8.08. The molecule has 22 heavy (non-hydrogen) atoms. The highest BCUT2D eigenvalue weighted by Gasteiger charge is 2.27. The molecule has 1 aromatic carbocycles. The number of carboxylic acids is 1. The Morgan fingerprint density at radius 1 is 1.41 bits per heavy atom. The normalized spacial score (nSPS) is 12.5. The molecule has 0 amide bonds. The van der Waals surface area contributed by atoms with Crippen molar-refractivity contribution in [2.24, 2.45) is 5.92 Å². The van der Waals surface area contributed by atoms with Crippen LogP contribution in [0.2, 0.25) is 0 Å². The first-order valence-electron chi connectivity index (χ1n) is 6.60. The Bertz CT molecular complexity index is 658. The van der Waals surface area contributed by atoms with Gasteiger partial charge in [0.25, 0.3) is 0 Å². The van der Waals surface area contributed by atoms with E-state index in [-0.39, 0.29) is 17.4 Å². The predicted molar refractivity (Wildman–Crippen MR) is 82.2 cm³/mol. The highest BCUT2D eigenvalue weighted by Crippen LogP contribution is 2.17. The number of carbonyl (C=O) groups is 1. The molecule has 0 radical (unpaired) electrons. The molecule has 2 N–H and O–H groups in total. The molecule has 0 heterocycles. The summed E-state index contributed by atoms with van der Waals surface area (Å²) in [6.45, 7) is 6.94. The second-order valence-electron chi connectivity index (χ2n) is 4.87. The minimum absolute atomic E-state index is 0.0222. The van der Waals surface area contributed by atoms with Gasteiger partial charge in [0.1, 0.15) is 18.4 Å². The number of rotatable bonds is 8. The maximum absolute atomic E-state index is 12.2. The lowest BCUT2D eigenvalue weighted by atomic mass is 10.1. The molecule has 1 rings (SSSR count). The number of hydrogen-bond acceptors (Lipinski definition) is 4. The summed E-state index contributed by atoms with van der Waals surface area (Å²) in [5.41, 5.74) is 2.55. The zero-order valence-corrected chi connectivity index (χ0v) is 13.3. The van der Waals surface area contributed by atoms with Crippen LogP contribution in [0.1, 0.15) is 13.8 Å². The van der Waals surface area contributed by atoms with E-state index in [1.807, 2.05) is 0 Å². The van der Waals surface area contributed by atoms with Crippen LogP contribution in [0.15, 0.2) is 47.5 Å². The van der Waals surface area contributed by atoms with Gasteiger partial charge in [0.05, 0.1) is 4.90 Å². The van der Waals surface area contributed by atoms with Gasteiger partial charge >= 0.3 is 5.97 Å². The molecule has 120 valence electrons. The summed E-state index contributed by atoms with van der Waals surface area (Å²) in [6.07, 6.45) is 1.59. The molecule has 0 spiro atoms. The molecule has 1 aromatic rings. The van der Waals surface area contributed by atoms with Crippen LogP contribution in [0, 0.1) is 5.92 Å². The van der Waals surface area contributed by atoms with Crippen LogP contribution in [0.4, 0.5) is 0 Å². The molecular formula is C15H19NO5S. The quantitative estimate of drug-likeness (QED) is 0.711. The van der Waals surface area contributed by atoms with E-state index in [9.17, 15) is 13.2 Å². The van der Waals surface area contributed by atoms with Crippen molar-refractivity contribution >= 4 is 16.0 Å². The van der Waals surface area contributed by atoms with Crippen LogP contribution in [0.25, 0.3) is 0 Å². The second-order valence-corrected chi connectivity index (χ2v) is 6.59. The fourth-order valence-corrected chi connectivity index (χ4v) is 2.96. The monoisotopic (exact) mass is 325 g/mol. The molecule has 0 bridgehead atoms. The van der Waals surface area contributed by atoms with E-state index in [4.69, 9.17) is 9.84 Å². The van der Waals surface area contributed by atoms with Gasteiger partial charge in [-0.15, -0.1) is 5.73 Å². The van der Waals surface area contributed by atoms with E-state index in [1.165, 1.54) is 24.3 Å². The largest absolute Gasteiger partial charge is 0.489 e. The van der Waals surface area contributed by atoms with Gasteiger partial charge in [-0.05, 0) is 36.3 Å². The van der Waals surface area contributed by atoms with Crippen molar-refractivity contribution in [1.82, 2.24) is 4.72 Å². The average Bonchev–Trinajstić information content (AvgIpc) is 2.45. The van der Waals surface area contributed by atoms with Gasteiger partial charge < -0.3 is 9.84 Å². The second kappa shape index (κ2) is 7.79. The molecule has 1 atom stereocenters. The molecule has 6 nitrogen and oxygen atoms in total. The molecule has 0 aliphatic carbocycles. The standard InChI is InChI=1S/C15H19NO5S/c1-4-5-10-21-12-6-8-13(9-7-12)22(19,20)16-14(11(2)3)15(17)18/h5-9,11,14,16H,1,10H2,2-3H3,(H,17,18)/t14-/m0/s1. The van der Waals surface area contributed by atoms with Crippen LogP contribution < -0.4 is 9.46 Å². The zero-order chi connectivity index (χ0) is 16.8. The van der Waals surface area contributed by atoms with E-state index in [0.29, 0.717) is 5.75 Å². The number of carboxylic acid groups (broad SMARTS) is 1. The Balaban J connectivity index is 2.89. The minimum atomic E-state index is -3.91. The first-order chi connectivity index (χ1) is 10.3. The molecule has 7 heteroatoms. The van der Waals surface area contributed by atoms with Crippen LogP contribution >= 0.6 is 0 Å². The van der Waals surface area contributed by atoms with Crippen molar-refractivity contribution in [2.75, 3.05) is 6.61 Å². The number of aliphatic carboxylic acids is 1. The van der Waals surface area contributed by atoms with E-state index < -0.39 is 22.0 Å². The van der Waals surface area contributed by atoms with Gasteiger partial charge in [0.2, 0.25) is 10.0 Å². The van der Waals surface area contributed by atoms with Crippen molar-refractivity contribution in [3.8, 4) is 5.75 Å². The van der Waals surface area contributed by atoms with E-state index >= 15 is 0 Å². The molecule has 0 saturated heterocycles. The number of hydrogen-bond donors (Lipinski definition) is 2. The van der Waals surface area contributed by atoms with Crippen LogP contribution in [0.5, 0.6) is 5.75 Å². The Labute approximate surface area is 130 Å². The van der Waals surface area contributed by atoms with Gasteiger partial charge in [0.15, 0.2) is 0 Å².